The summed E-state index contributed by atoms with van der Waals surface area (Å²) in [5, 5.41) is 23.4. The number of carboxylic acid groups (broad SMARTS) is 1. The molecule has 25 nitrogen and oxygen atoms in total. The Bertz CT molecular complexity index is 4560. The number of hydrogen-bond acceptors (Lipinski definition) is 18. The smallest absolute Gasteiger partial charge is 1.00 e. The summed E-state index contributed by atoms with van der Waals surface area (Å²) in [6.07, 6.45) is 0.479. The summed E-state index contributed by atoms with van der Waals surface area (Å²) in [7, 11) is 2.89. The van der Waals surface area contributed by atoms with Gasteiger partial charge in [0.25, 0.3) is 11.1 Å². The zero-order chi connectivity index (χ0) is 97.2. The van der Waals surface area contributed by atoms with Crippen molar-refractivity contribution in [2.45, 2.75) is 277 Å². The molecule has 0 unspecified atom stereocenters. The number of benzene rings is 6. The Balaban J connectivity index is -0.00000149. The second-order valence-corrected chi connectivity index (χ2v) is 37.5. The number of carbonyl (C=O) groups excluding carboxylic acids is 9. The van der Waals surface area contributed by atoms with Crippen molar-refractivity contribution < 1.29 is 107 Å². The van der Waals surface area contributed by atoms with Crippen molar-refractivity contribution >= 4 is 128 Å². The molecule has 0 saturated heterocycles. The number of fused-ring (bicyclic) bond motifs is 1. The molecule has 0 aliphatic heterocycles. The van der Waals surface area contributed by atoms with Gasteiger partial charge < -0.3 is 83.7 Å². The molecule has 130 heavy (non-hydrogen) atoms. The van der Waals surface area contributed by atoms with Crippen LogP contribution in [0.3, 0.4) is 0 Å². The number of nitrogens with one attached hydrogen (secondary N) is 5. The van der Waals surface area contributed by atoms with E-state index in [2.05, 4.69) is 45.6 Å². The first-order valence-electron chi connectivity index (χ1n) is 42.1. The SMILES string of the molecule is C.CC(C)[C@@H](NC(=O)OC(C)(C)C)C(=O)CCc1ccccc1.CC(C)[C@@H](NC(=O)OC(C)(C)C)C(=O)CCc1ccccc1.CC(C)[C@@H](NC(=O)OC(C)(C)C)C(=O)O.CC(C)[C@@H](NC(=O)OC(C)(C)C)c1oc2cc(Cl)ccc2c(=O)c1Cc1ccccc1.CON(C)C(=O)[C@H](NC(=O)OC(C)(C)C)C(C)C.O=C(Cl)c1ccc(Cl)cc1F.[Br-].[CH2-]Cc1ccccc1.[Mg+2]. The average molecular weight is 1950 g/mol. The maximum Gasteiger partial charge on any atom is 2.00 e. The molecule has 0 saturated carbocycles. The Labute approximate surface area is 812 Å². The number of carboxylic acids is 1. The van der Waals surface area contributed by atoms with Gasteiger partial charge in [-0.15, -0.1) is 0 Å². The summed E-state index contributed by atoms with van der Waals surface area (Å²) < 4.78 is 44.9. The largest absolute Gasteiger partial charge is 2.00 e. The van der Waals surface area contributed by atoms with Gasteiger partial charge in [-0.2, -0.15) is 6.42 Å². The third-order valence-electron chi connectivity index (χ3n) is 17.3. The maximum absolute atomic E-state index is 13.5. The Hall–Kier alpha value is -9.16. The first-order chi connectivity index (χ1) is 58.7. The molecule has 0 spiro atoms. The van der Waals surface area contributed by atoms with Gasteiger partial charge >= 0.3 is 59.5 Å². The van der Waals surface area contributed by atoms with Crippen LogP contribution in [-0.4, -0.2) is 159 Å². The molecular weight excluding hydrogens is 1810 g/mol. The van der Waals surface area contributed by atoms with E-state index < -0.39 is 106 Å². The number of carbonyl (C=O) groups is 10. The van der Waals surface area contributed by atoms with Gasteiger partial charge in [-0.25, -0.2) is 38.2 Å². The molecule has 7 aromatic rings. The molecule has 5 atom stereocenters. The van der Waals surface area contributed by atoms with E-state index >= 15 is 0 Å². The van der Waals surface area contributed by atoms with E-state index in [9.17, 15) is 57.1 Å². The normalized spacial score (nSPS) is 12.1. The third-order valence-corrected chi connectivity index (χ3v) is 17.9. The molecular formula is C99H141BrCl3FMgN6O19. The topological polar surface area (TPSA) is 340 Å². The number of Topliss-reactive ketones (excluding diaryl/α,β-unsaturated/α-hetero) is 2. The number of hydroxylamine groups is 2. The Morgan fingerprint density at radius 3 is 1.08 bits per heavy atom. The predicted molar refractivity (Wildman–Crippen MR) is 512 cm³/mol. The van der Waals surface area contributed by atoms with Crippen LogP contribution in [0.15, 0.2) is 167 Å². The molecule has 0 aliphatic rings. The van der Waals surface area contributed by atoms with Gasteiger partial charge in [-0.05, 0) is 205 Å². The van der Waals surface area contributed by atoms with E-state index in [4.69, 9.17) is 72.8 Å². The van der Waals surface area contributed by atoms with Crippen molar-refractivity contribution in [2.75, 3.05) is 14.2 Å². The average Bonchev–Trinajstić information content (AvgIpc) is 0.767. The molecule has 1 aromatic heterocycles. The Morgan fingerprint density at radius 1 is 0.462 bits per heavy atom. The van der Waals surface area contributed by atoms with Crippen LogP contribution in [0.5, 0.6) is 0 Å². The second-order valence-electron chi connectivity index (χ2n) is 36.3. The van der Waals surface area contributed by atoms with E-state index in [0.717, 1.165) is 34.2 Å². The first-order valence-corrected chi connectivity index (χ1v) is 43.2. The number of nitrogens with zero attached hydrogens (tertiary/aromatic N) is 1. The van der Waals surface area contributed by atoms with Crippen LogP contribution in [0.1, 0.15) is 243 Å². The summed E-state index contributed by atoms with van der Waals surface area (Å²) in [6, 6.07) is 45.1. The standard InChI is InChI=1S/C25H28ClNO4.2C18H27NO3.C12H24N2O4.C10H19NO4.C8H9.C7H3Cl2FO.CH4.BrH.Mg/c1-15(2)21(27-24(29)31-25(3,4)5)23-19(13-16-9-7-6-8-10-16)22(28)18-12-11-17(26)14-20(18)30-23;2*1-13(2)16(19-17(21)22-18(3,4)5)15(20)12-11-14-9-7-6-8-10-14;1-8(2)9(10(15)14(6)17-7)13-11(16)18-12(3,4)5;1-6(2)7(8(12)13)11-9(14)15-10(3,4)5;1-2-8-6-4-3-5-7-8;8-4-1-2-5(7(9)11)6(10)3-4;;;/h6-12,14-15,21H,13H2,1-5H3,(H,27,29);2*6-10,13,16H,11-12H2,1-5H3,(H,19,21);8-9H,1-7H3,(H,13,16);6-7H,1-5H3,(H,11,14)(H,12,13);3-7H,1-2H2;1-3H;1H4;1H;/q;;;;;-1;;;;+2/p-1/t21-;2*16-;9-;7-;;;;;/m11111...../s1. The van der Waals surface area contributed by atoms with Crippen LogP contribution in [0, 0.1) is 42.3 Å². The van der Waals surface area contributed by atoms with Gasteiger partial charge in [0.05, 0.1) is 36.2 Å². The van der Waals surface area contributed by atoms with Crippen molar-refractivity contribution in [3.63, 3.8) is 0 Å². The molecule has 718 valence electrons. The molecule has 31 heteroatoms. The van der Waals surface area contributed by atoms with Gasteiger partial charge in [-0.1, -0.05) is 227 Å². The van der Waals surface area contributed by atoms with Crippen molar-refractivity contribution in [3.8, 4) is 0 Å². The van der Waals surface area contributed by atoms with Gasteiger partial charge in [0, 0.05) is 48.0 Å². The monoisotopic (exact) mass is 1940 g/mol. The van der Waals surface area contributed by atoms with E-state index in [0.29, 0.717) is 59.4 Å². The van der Waals surface area contributed by atoms with Crippen LogP contribution >= 0.6 is 34.8 Å². The van der Waals surface area contributed by atoms with Crippen LogP contribution in [0.25, 0.3) is 11.0 Å². The quantitative estimate of drug-likeness (QED) is 0.00964. The number of alkyl carbamates (subject to hydrolysis) is 5. The predicted octanol–water partition coefficient (Wildman–Crippen LogP) is 19.1. The van der Waals surface area contributed by atoms with Crippen molar-refractivity contribution in [3.05, 3.63) is 230 Å². The molecule has 0 bridgehead atoms. The second kappa shape index (κ2) is 60.8. The molecule has 7 rings (SSSR count). The summed E-state index contributed by atoms with van der Waals surface area (Å²) in [5.41, 5.74) is 2.13. The number of rotatable bonds is 26. The number of aliphatic carboxylic acids is 1. The van der Waals surface area contributed by atoms with Gasteiger partial charge in [0.2, 0.25) is 0 Å². The molecule has 6 amide bonds. The molecule has 0 radical (unpaired) electrons. The van der Waals surface area contributed by atoms with Gasteiger partial charge in [0.15, 0.2) is 17.0 Å². The summed E-state index contributed by atoms with van der Waals surface area (Å²) in [4.78, 5) is 135. The van der Waals surface area contributed by atoms with E-state index in [1.54, 1.807) is 136 Å². The van der Waals surface area contributed by atoms with Crippen molar-refractivity contribution in [1.82, 2.24) is 31.6 Å². The number of amides is 6. The van der Waals surface area contributed by atoms with Crippen LogP contribution in [-0.2, 0) is 73.4 Å². The number of halogens is 5. The summed E-state index contributed by atoms with van der Waals surface area (Å²) >= 11 is 16.6. The number of ketones is 2. The molecule has 6 N–H and O–H groups in total. The minimum absolute atomic E-state index is 0. The molecule has 0 fully saturated rings. The van der Waals surface area contributed by atoms with Gasteiger partial charge in [0.1, 0.15) is 57.2 Å². The summed E-state index contributed by atoms with van der Waals surface area (Å²) in [5.74, 6) is -1.85. The first kappa shape index (κ1) is 125. The number of ether oxygens (including phenoxy) is 5. The van der Waals surface area contributed by atoms with Crippen LogP contribution in [0.4, 0.5) is 28.4 Å². The maximum atomic E-state index is 13.5. The van der Waals surface area contributed by atoms with Crippen molar-refractivity contribution in [1.29, 1.82) is 0 Å². The van der Waals surface area contributed by atoms with Crippen molar-refractivity contribution in [2.24, 2.45) is 29.6 Å². The Kier molecular flexibility index (Phi) is 58.4. The number of likely N-dealkylation sites (N-methyl/N-ethyl adjacent to an activating group) is 1. The van der Waals surface area contributed by atoms with Gasteiger partial charge in [-0.3, -0.25) is 28.8 Å². The van der Waals surface area contributed by atoms with E-state index in [1.165, 1.54) is 31.9 Å². The summed E-state index contributed by atoms with van der Waals surface area (Å²) in [6.45, 7) is 49.1. The van der Waals surface area contributed by atoms with Crippen LogP contribution < -0.4 is 49.0 Å². The zero-order valence-corrected chi connectivity index (χ0v) is 85.3. The third kappa shape index (κ3) is 53.4. The molecule has 6 aromatic carbocycles. The molecule has 1 heterocycles. The zero-order valence-electron chi connectivity index (χ0n) is 80.1. The van der Waals surface area contributed by atoms with Crippen LogP contribution in [0.2, 0.25) is 10.0 Å². The molecule has 0 aliphatic carbocycles. The fourth-order valence-electron chi connectivity index (χ4n) is 11.1. The Morgan fingerprint density at radius 2 is 0.777 bits per heavy atom. The number of hydrogen-bond donors (Lipinski definition) is 6. The van der Waals surface area contributed by atoms with E-state index in [-0.39, 0.29) is 111 Å². The minimum Gasteiger partial charge on any atom is -1.00 e. The fourth-order valence-corrected chi connectivity index (χ4v) is 11.6. The minimum atomic E-state index is -1.06. The number of aryl methyl sites for hydroxylation is 2. The fraction of sp³-hybridized carbons (Fsp3) is 0.495. The van der Waals surface area contributed by atoms with E-state index in [1.807, 2.05) is 165 Å².